The van der Waals surface area contributed by atoms with Gasteiger partial charge in [-0.05, 0) is 24.5 Å². The Morgan fingerprint density at radius 1 is 1.20 bits per heavy atom. The van der Waals surface area contributed by atoms with Gasteiger partial charge in [0.2, 0.25) is 11.8 Å². The van der Waals surface area contributed by atoms with Crippen LogP contribution in [0.5, 0.6) is 0 Å². The number of hydrogen-bond acceptors (Lipinski definition) is 2. The molecule has 1 saturated carbocycles. The van der Waals surface area contributed by atoms with Crippen molar-refractivity contribution in [3.8, 4) is 0 Å². The maximum absolute atomic E-state index is 12.7. The molecule has 1 N–H and O–H groups in total. The Labute approximate surface area is 123 Å². The largest absolute Gasteiger partial charge is 0.340 e. The highest BCUT2D eigenvalue weighted by Gasteiger charge is 2.48. The monoisotopic (exact) mass is 292 g/mol. The van der Waals surface area contributed by atoms with E-state index >= 15 is 0 Å². The molecule has 1 saturated heterocycles. The number of rotatable bonds is 2. The Morgan fingerprint density at radius 3 is 2.60 bits per heavy atom. The van der Waals surface area contributed by atoms with Crippen molar-refractivity contribution in [2.24, 2.45) is 0 Å². The number of amides is 2. The molecule has 1 aliphatic carbocycles. The van der Waals surface area contributed by atoms with Crippen LogP contribution < -0.4 is 5.32 Å². The van der Waals surface area contributed by atoms with Gasteiger partial charge in [0.05, 0.1) is 6.54 Å². The molecule has 2 aliphatic rings. The fraction of sp³-hybridized carbons (Fsp3) is 0.467. The number of nitrogens with one attached hydrogen (secondary N) is 1. The van der Waals surface area contributed by atoms with Crippen LogP contribution in [0.1, 0.15) is 31.2 Å². The van der Waals surface area contributed by atoms with Gasteiger partial charge >= 0.3 is 0 Å². The summed E-state index contributed by atoms with van der Waals surface area (Å²) in [7, 11) is 0. The second-order valence-electron chi connectivity index (χ2n) is 5.59. The molecule has 0 bridgehead atoms. The fourth-order valence-corrected chi connectivity index (χ4v) is 3.38. The van der Waals surface area contributed by atoms with Gasteiger partial charge in [-0.3, -0.25) is 9.59 Å². The number of halogens is 1. The quantitative estimate of drug-likeness (QED) is 0.907. The van der Waals surface area contributed by atoms with Crippen molar-refractivity contribution in [2.45, 2.75) is 37.8 Å². The normalized spacial score (nSPS) is 21.4. The molecule has 1 aliphatic heterocycles. The summed E-state index contributed by atoms with van der Waals surface area (Å²) >= 11 is 6.14. The molecule has 0 unspecified atom stereocenters. The van der Waals surface area contributed by atoms with Crippen molar-refractivity contribution in [1.29, 1.82) is 0 Å². The summed E-state index contributed by atoms with van der Waals surface area (Å²) in [6, 6.07) is 7.44. The molecule has 1 aromatic carbocycles. The van der Waals surface area contributed by atoms with Crippen LogP contribution >= 0.6 is 11.6 Å². The van der Waals surface area contributed by atoms with Gasteiger partial charge in [0, 0.05) is 11.6 Å². The van der Waals surface area contributed by atoms with E-state index in [4.69, 9.17) is 11.6 Å². The smallest absolute Gasteiger partial charge is 0.249 e. The molecule has 2 amide bonds. The third kappa shape index (κ3) is 2.29. The summed E-state index contributed by atoms with van der Waals surface area (Å²) in [5, 5.41) is 3.54. The van der Waals surface area contributed by atoms with Gasteiger partial charge in [0.1, 0.15) is 5.54 Å². The molecular formula is C15H17ClN2O2. The third-order valence-corrected chi connectivity index (χ3v) is 4.55. The van der Waals surface area contributed by atoms with Gasteiger partial charge in [-0.1, -0.05) is 42.6 Å². The van der Waals surface area contributed by atoms with E-state index in [2.05, 4.69) is 5.32 Å². The SMILES string of the molecule is O=C1CN(Cc2ccccc2Cl)C(=O)C2(CCCC2)N1. The van der Waals surface area contributed by atoms with E-state index in [0.717, 1.165) is 31.2 Å². The summed E-state index contributed by atoms with van der Waals surface area (Å²) in [6.07, 6.45) is 3.48. The molecule has 2 fully saturated rings. The molecule has 0 aromatic heterocycles. The summed E-state index contributed by atoms with van der Waals surface area (Å²) in [4.78, 5) is 26.2. The standard InChI is InChI=1S/C15H17ClN2O2/c16-12-6-2-1-5-11(12)9-18-10-13(19)17-15(14(18)20)7-3-4-8-15/h1-2,5-6H,3-4,7-10H2,(H,17,19). The Balaban J connectivity index is 1.84. The molecule has 0 atom stereocenters. The van der Waals surface area contributed by atoms with Gasteiger partial charge in [0.25, 0.3) is 0 Å². The molecule has 3 rings (SSSR count). The highest BCUT2D eigenvalue weighted by Crippen LogP contribution is 2.34. The van der Waals surface area contributed by atoms with E-state index in [0.29, 0.717) is 11.6 Å². The van der Waals surface area contributed by atoms with Crippen LogP contribution in [0.3, 0.4) is 0 Å². The predicted octanol–water partition coefficient (Wildman–Crippen LogP) is 2.11. The van der Waals surface area contributed by atoms with E-state index < -0.39 is 5.54 Å². The zero-order valence-electron chi connectivity index (χ0n) is 11.2. The Bertz CT molecular complexity index is 553. The first-order valence-electron chi connectivity index (χ1n) is 6.94. The highest BCUT2D eigenvalue weighted by molar-refractivity contribution is 6.31. The lowest BCUT2D eigenvalue weighted by atomic mass is 9.93. The number of nitrogens with zero attached hydrogens (tertiary/aromatic N) is 1. The van der Waals surface area contributed by atoms with Crippen LogP contribution in [0.4, 0.5) is 0 Å². The average molecular weight is 293 g/mol. The average Bonchev–Trinajstić information content (AvgIpc) is 2.87. The van der Waals surface area contributed by atoms with E-state index in [1.807, 2.05) is 18.2 Å². The van der Waals surface area contributed by atoms with Crippen molar-refractivity contribution in [1.82, 2.24) is 10.2 Å². The minimum atomic E-state index is -0.656. The van der Waals surface area contributed by atoms with Crippen molar-refractivity contribution in [3.05, 3.63) is 34.9 Å². The fourth-order valence-electron chi connectivity index (χ4n) is 3.19. The van der Waals surface area contributed by atoms with Crippen LogP contribution in [-0.4, -0.2) is 28.8 Å². The lowest BCUT2D eigenvalue weighted by Crippen LogP contribution is -2.65. The zero-order valence-corrected chi connectivity index (χ0v) is 11.9. The molecule has 5 heteroatoms. The maximum Gasteiger partial charge on any atom is 0.249 e. The lowest BCUT2D eigenvalue weighted by Gasteiger charge is -2.39. The number of carbonyl (C=O) groups is 2. The minimum Gasteiger partial charge on any atom is -0.340 e. The highest BCUT2D eigenvalue weighted by atomic mass is 35.5. The van der Waals surface area contributed by atoms with Gasteiger partial charge < -0.3 is 10.2 Å². The van der Waals surface area contributed by atoms with Crippen molar-refractivity contribution in [3.63, 3.8) is 0 Å². The van der Waals surface area contributed by atoms with E-state index in [-0.39, 0.29) is 18.4 Å². The van der Waals surface area contributed by atoms with Gasteiger partial charge in [-0.25, -0.2) is 0 Å². The van der Waals surface area contributed by atoms with Gasteiger partial charge in [-0.15, -0.1) is 0 Å². The Hall–Kier alpha value is -1.55. The summed E-state index contributed by atoms with van der Waals surface area (Å²) in [6.45, 7) is 0.513. The predicted molar refractivity (Wildman–Crippen MR) is 76.2 cm³/mol. The first-order valence-corrected chi connectivity index (χ1v) is 7.32. The molecule has 1 aromatic rings. The maximum atomic E-state index is 12.7. The van der Waals surface area contributed by atoms with Crippen LogP contribution in [0.15, 0.2) is 24.3 Å². The van der Waals surface area contributed by atoms with E-state index in [1.54, 1.807) is 11.0 Å². The second-order valence-corrected chi connectivity index (χ2v) is 6.00. The first-order chi connectivity index (χ1) is 9.61. The molecule has 0 radical (unpaired) electrons. The molecule has 1 heterocycles. The summed E-state index contributed by atoms with van der Waals surface area (Å²) in [5.41, 5.74) is 0.224. The van der Waals surface area contributed by atoms with Crippen LogP contribution in [0, 0.1) is 0 Å². The second kappa shape index (κ2) is 5.09. The third-order valence-electron chi connectivity index (χ3n) is 4.19. The van der Waals surface area contributed by atoms with Crippen molar-refractivity contribution >= 4 is 23.4 Å². The number of carbonyl (C=O) groups excluding carboxylic acids is 2. The number of piperazine rings is 1. The topological polar surface area (TPSA) is 49.4 Å². The summed E-state index contributed by atoms with van der Waals surface area (Å²) in [5.74, 6) is -0.0342. The first kappa shape index (κ1) is 13.4. The van der Waals surface area contributed by atoms with Crippen molar-refractivity contribution < 1.29 is 9.59 Å². The molecule has 1 spiro atoms. The molecule has 4 nitrogen and oxygen atoms in total. The molecular weight excluding hydrogens is 276 g/mol. The van der Waals surface area contributed by atoms with E-state index in [9.17, 15) is 9.59 Å². The van der Waals surface area contributed by atoms with Crippen LogP contribution in [0.2, 0.25) is 5.02 Å². The minimum absolute atomic E-state index is 0.0366. The molecule has 20 heavy (non-hydrogen) atoms. The van der Waals surface area contributed by atoms with Gasteiger partial charge in [-0.2, -0.15) is 0 Å². The number of hydrogen-bond donors (Lipinski definition) is 1. The Kier molecular flexibility index (Phi) is 3.42. The van der Waals surface area contributed by atoms with Gasteiger partial charge in [0.15, 0.2) is 0 Å². The lowest BCUT2D eigenvalue weighted by molar-refractivity contribution is -0.150. The van der Waals surface area contributed by atoms with Crippen LogP contribution in [0.25, 0.3) is 0 Å². The molecule has 106 valence electrons. The Morgan fingerprint density at radius 2 is 1.90 bits per heavy atom. The van der Waals surface area contributed by atoms with Crippen molar-refractivity contribution in [2.75, 3.05) is 6.54 Å². The van der Waals surface area contributed by atoms with E-state index in [1.165, 1.54) is 0 Å². The zero-order chi connectivity index (χ0) is 14.2. The van der Waals surface area contributed by atoms with Crippen LogP contribution in [-0.2, 0) is 16.1 Å². The number of benzene rings is 1. The summed E-state index contributed by atoms with van der Waals surface area (Å²) < 4.78 is 0.